The molecule has 0 saturated carbocycles. The van der Waals surface area contributed by atoms with Gasteiger partial charge < -0.3 is 24.8 Å². The number of hydrogen-bond acceptors (Lipinski definition) is 7. The van der Waals surface area contributed by atoms with Gasteiger partial charge in [-0.2, -0.15) is 5.10 Å². The Morgan fingerprint density at radius 1 is 1.00 bits per heavy atom. The van der Waals surface area contributed by atoms with Gasteiger partial charge in [-0.1, -0.05) is 12.1 Å². The summed E-state index contributed by atoms with van der Waals surface area (Å²) < 4.78 is 15.6. The first-order valence-electron chi connectivity index (χ1n) is 9.87. The number of amides is 3. The third-order valence-corrected chi connectivity index (χ3v) is 3.85. The van der Waals surface area contributed by atoms with Gasteiger partial charge in [-0.3, -0.25) is 14.4 Å². The summed E-state index contributed by atoms with van der Waals surface area (Å²) >= 11 is 0. The molecule has 10 heteroatoms. The Morgan fingerprint density at radius 2 is 1.78 bits per heavy atom. The van der Waals surface area contributed by atoms with Crippen LogP contribution in [0.15, 0.2) is 53.6 Å². The molecule has 2 rings (SSSR count). The van der Waals surface area contributed by atoms with Crippen molar-refractivity contribution in [1.82, 2.24) is 10.7 Å². The normalized spacial score (nSPS) is 10.4. The Bertz CT molecular complexity index is 930. The largest absolute Gasteiger partial charge is 0.494 e. The van der Waals surface area contributed by atoms with E-state index in [1.807, 2.05) is 6.92 Å². The first kappa shape index (κ1) is 24.4. The number of nitrogens with zero attached hydrogens (tertiary/aromatic N) is 1. The first-order chi connectivity index (χ1) is 15.5. The van der Waals surface area contributed by atoms with Crippen LogP contribution in [0.25, 0.3) is 0 Å². The summed E-state index contributed by atoms with van der Waals surface area (Å²) in [5.74, 6) is -0.854. The lowest BCUT2D eigenvalue weighted by molar-refractivity contribution is -0.139. The topological polar surface area (TPSA) is 127 Å². The van der Waals surface area contributed by atoms with Crippen LogP contribution in [0.2, 0.25) is 0 Å². The van der Waals surface area contributed by atoms with E-state index in [0.29, 0.717) is 30.2 Å². The lowest BCUT2D eigenvalue weighted by Crippen LogP contribution is -2.39. The van der Waals surface area contributed by atoms with E-state index in [-0.39, 0.29) is 19.1 Å². The fourth-order valence-corrected chi connectivity index (χ4v) is 2.39. The number of ether oxygens (including phenoxy) is 3. The van der Waals surface area contributed by atoms with Gasteiger partial charge in [0, 0.05) is 19.3 Å². The van der Waals surface area contributed by atoms with Crippen LogP contribution in [0.5, 0.6) is 11.5 Å². The number of methoxy groups -OCH3 is 1. The van der Waals surface area contributed by atoms with E-state index in [9.17, 15) is 14.4 Å². The van der Waals surface area contributed by atoms with Crippen molar-refractivity contribution in [3.63, 3.8) is 0 Å². The lowest BCUT2D eigenvalue weighted by atomic mass is 10.2. The van der Waals surface area contributed by atoms with Crippen LogP contribution in [0.1, 0.15) is 12.5 Å². The summed E-state index contributed by atoms with van der Waals surface area (Å²) in [6.45, 7) is 2.80. The molecular formula is C22H26N4O6. The molecule has 0 bridgehead atoms. The van der Waals surface area contributed by atoms with E-state index in [0.717, 1.165) is 5.75 Å². The Labute approximate surface area is 185 Å². The van der Waals surface area contributed by atoms with Gasteiger partial charge in [0.15, 0.2) is 6.61 Å². The molecule has 0 unspecified atom stereocenters. The predicted octanol–water partition coefficient (Wildman–Crippen LogP) is 1.32. The van der Waals surface area contributed by atoms with Crippen LogP contribution in [-0.2, 0) is 19.1 Å². The molecule has 0 aliphatic carbocycles. The summed E-state index contributed by atoms with van der Waals surface area (Å²) in [5, 5.41) is 8.85. The highest BCUT2D eigenvalue weighted by molar-refractivity contribution is 6.35. The number of carbonyl (C=O) groups is 3. The van der Waals surface area contributed by atoms with Crippen molar-refractivity contribution in [2.45, 2.75) is 6.92 Å². The van der Waals surface area contributed by atoms with Crippen molar-refractivity contribution >= 4 is 29.6 Å². The monoisotopic (exact) mass is 442 g/mol. The van der Waals surface area contributed by atoms with Gasteiger partial charge in [0.1, 0.15) is 11.5 Å². The minimum Gasteiger partial charge on any atom is -0.494 e. The van der Waals surface area contributed by atoms with Crippen LogP contribution in [0.4, 0.5) is 5.69 Å². The molecule has 170 valence electrons. The highest BCUT2D eigenvalue weighted by atomic mass is 16.5. The number of carbonyl (C=O) groups excluding carboxylic acids is 3. The van der Waals surface area contributed by atoms with Gasteiger partial charge in [-0.15, -0.1) is 0 Å². The Morgan fingerprint density at radius 3 is 2.50 bits per heavy atom. The van der Waals surface area contributed by atoms with Crippen LogP contribution in [-0.4, -0.2) is 57.4 Å². The van der Waals surface area contributed by atoms with Crippen LogP contribution >= 0.6 is 0 Å². The first-order valence-corrected chi connectivity index (χ1v) is 9.87. The Kier molecular flexibility index (Phi) is 10.2. The summed E-state index contributed by atoms with van der Waals surface area (Å²) in [6, 6.07) is 13.8. The van der Waals surface area contributed by atoms with E-state index in [1.54, 1.807) is 48.5 Å². The molecule has 0 atom stereocenters. The van der Waals surface area contributed by atoms with Gasteiger partial charge in [0.05, 0.1) is 19.4 Å². The number of hydrogen-bond donors (Lipinski definition) is 3. The average Bonchev–Trinajstić information content (AvgIpc) is 2.79. The number of hydrazone groups is 1. The summed E-state index contributed by atoms with van der Waals surface area (Å²) in [7, 11) is 1.49. The molecule has 2 aromatic rings. The van der Waals surface area contributed by atoms with Gasteiger partial charge in [0.25, 0.3) is 5.91 Å². The van der Waals surface area contributed by atoms with E-state index in [2.05, 4.69) is 21.2 Å². The average molecular weight is 442 g/mol. The zero-order valence-electron chi connectivity index (χ0n) is 17.9. The van der Waals surface area contributed by atoms with Crippen molar-refractivity contribution in [2.24, 2.45) is 5.10 Å². The second kappa shape index (κ2) is 13.4. The molecular weight excluding hydrogens is 416 g/mol. The summed E-state index contributed by atoms with van der Waals surface area (Å²) in [4.78, 5) is 35.2. The van der Waals surface area contributed by atoms with Gasteiger partial charge in [-0.25, -0.2) is 5.43 Å². The standard InChI is InChI=1S/C22H26N4O6/c1-3-31-18-9-7-17(8-10-18)25-20(27)15-32-19-6-4-5-16(13-19)14-24-26-22(29)21(28)23-11-12-30-2/h4-10,13-14H,3,11-12,15H2,1-2H3,(H,23,28)(H,25,27)(H,26,29)/b24-14-. The van der Waals surface area contributed by atoms with E-state index in [1.165, 1.54) is 13.3 Å². The second-order valence-electron chi connectivity index (χ2n) is 6.31. The van der Waals surface area contributed by atoms with Gasteiger partial charge in [-0.05, 0) is 48.9 Å². The van der Waals surface area contributed by atoms with Crippen molar-refractivity contribution in [3.05, 3.63) is 54.1 Å². The molecule has 0 spiro atoms. The highest BCUT2D eigenvalue weighted by Gasteiger charge is 2.11. The fourth-order valence-electron chi connectivity index (χ4n) is 2.39. The molecule has 0 heterocycles. The van der Waals surface area contributed by atoms with Crippen molar-refractivity contribution in [1.29, 1.82) is 0 Å². The summed E-state index contributed by atoms with van der Waals surface area (Å²) in [5.41, 5.74) is 3.37. The van der Waals surface area contributed by atoms with Crippen LogP contribution in [0, 0.1) is 0 Å². The molecule has 0 aromatic heterocycles. The molecule has 0 radical (unpaired) electrons. The molecule has 0 saturated heterocycles. The number of benzene rings is 2. The molecule has 10 nitrogen and oxygen atoms in total. The summed E-state index contributed by atoms with van der Waals surface area (Å²) in [6.07, 6.45) is 1.35. The molecule has 3 N–H and O–H groups in total. The number of rotatable bonds is 11. The van der Waals surface area contributed by atoms with Crippen molar-refractivity contribution < 1.29 is 28.6 Å². The maximum Gasteiger partial charge on any atom is 0.329 e. The molecule has 3 amide bonds. The molecule has 0 aliphatic rings. The quantitative estimate of drug-likeness (QED) is 0.208. The van der Waals surface area contributed by atoms with Gasteiger partial charge >= 0.3 is 11.8 Å². The van der Waals surface area contributed by atoms with Crippen molar-refractivity contribution in [2.75, 3.05) is 38.8 Å². The predicted molar refractivity (Wildman–Crippen MR) is 119 cm³/mol. The number of anilines is 1. The smallest absolute Gasteiger partial charge is 0.329 e. The Balaban J connectivity index is 1.79. The van der Waals surface area contributed by atoms with E-state index in [4.69, 9.17) is 14.2 Å². The molecule has 32 heavy (non-hydrogen) atoms. The van der Waals surface area contributed by atoms with Crippen LogP contribution < -0.4 is 25.5 Å². The Hall–Kier alpha value is -3.92. The molecule has 0 fully saturated rings. The lowest BCUT2D eigenvalue weighted by Gasteiger charge is -2.09. The fraction of sp³-hybridized carbons (Fsp3) is 0.273. The SMILES string of the molecule is CCOc1ccc(NC(=O)COc2cccc(/C=N\NC(=O)C(=O)NCCOC)c2)cc1. The van der Waals surface area contributed by atoms with Crippen LogP contribution in [0.3, 0.4) is 0 Å². The minimum absolute atomic E-state index is 0.188. The zero-order chi connectivity index (χ0) is 23.2. The highest BCUT2D eigenvalue weighted by Crippen LogP contribution is 2.16. The van der Waals surface area contributed by atoms with E-state index >= 15 is 0 Å². The molecule has 0 aliphatic heterocycles. The second-order valence-corrected chi connectivity index (χ2v) is 6.31. The van der Waals surface area contributed by atoms with Crippen molar-refractivity contribution in [3.8, 4) is 11.5 Å². The third kappa shape index (κ3) is 8.84. The maximum atomic E-state index is 12.1. The van der Waals surface area contributed by atoms with E-state index < -0.39 is 11.8 Å². The van der Waals surface area contributed by atoms with Gasteiger partial charge in [0.2, 0.25) is 0 Å². The minimum atomic E-state index is -0.893. The zero-order valence-corrected chi connectivity index (χ0v) is 17.9. The third-order valence-electron chi connectivity index (χ3n) is 3.85. The molecule has 2 aromatic carbocycles. The maximum absolute atomic E-state index is 12.1. The number of nitrogens with one attached hydrogen (secondary N) is 3.